The molecule has 0 unspecified atom stereocenters. The third-order valence-electron chi connectivity index (χ3n) is 3.75. The van der Waals surface area contributed by atoms with Gasteiger partial charge in [-0.3, -0.25) is 9.69 Å². The van der Waals surface area contributed by atoms with Crippen molar-refractivity contribution in [3.8, 4) is 0 Å². The van der Waals surface area contributed by atoms with Crippen molar-refractivity contribution < 1.29 is 4.79 Å². The first-order valence-corrected chi connectivity index (χ1v) is 7.44. The summed E-state index contributed by atoms with van der Waals surface area (Å²) in [7, 11) is 0. The predicted octanol–water partition coefficient (Wildman–Crippen LogP) is 1.31. The fraction of sp³-hybridized carbons (Fsp3) is 0.929. The molecule has 4 nitrogen and oxygen atoms in total. The number of rotatable bonds is 7. The molecule has 0 aliphatic carbocycles. The highest BCUT2D eigenvalue weighted by atomic mass is 16.2. The third kappa shape index (κ3) is 4.58. The highest BCUT2D eigenvalue weighted by molar-refractivity contribution is 5.78. The number of nitrogens with zero attached hydrogens (tertiary/aromatic N) is 2. The standard InChI is InChI=1S/C14H29N3O/c1-3-5-13(6-4-2)14(18)17-11-9-16(8-7-15)10-12-17/h13H,3-12,15H2,1-2H3. The van der Waals surface area contributed by atoms with E-state index in [0.717, 1.165) is 58.4 Å². The minimum Gasteiger partial charge on any atom is -0.340 e. The zero-order valence-electron chi connectivity index (χ0n) is 12.0. The number of carbonyl (C=O) groups is 1. The number of amides is 1. The van der Waals surface area contributed by atoms with Gasteiger partial charge in [0.05, 0.1) is 0 Å². The average Bonchev–Trinajstić information content (AvgIpc) is 2.39. The zero-order valence-corrected chi connectivity index (χ0v) is 12.0. The van der Waals surface area contributed by atoms with E-state index in [0.29, 0.717) is 12.5 Å². The summed E-state index contributed by atoms with van der Waals surface area (Å²) in [5.41, 5.74) is 5.56. The summed E-state index contributed by atoms with van der Waals surface area (Å²) in [5, 5.41) is 0. The molecule has 0 atom stereocenters. The van der Waals surface area contributed by atoms with Gasteiger partial charge in [-0.15, -0.1) is 0 Å². The van der Waals surface area contributed by atoms with Crippen LogP contribution in [-0.4, -0.2) is 55.0 Å². The van der Waals surface area contributed by atoms with E-state index in [4.69, 9.17) is 5.73 Å². The van der Waals surface area contributed by atoms with Crippen molar-refractivity contribution in [3.63, 3.8) is 0 Å². The van der Waals surface area contributed by atoms with E-state index in [2.05, 4.69) is 23.6 Å². The van der Waals surface area contributed by atoms with Crippen molar-refractivity contribution in [1.82, 2.24) is 9.80 Å². The van der Waals surface area contributed by atoms with E-state index in [1.54, 1.807) is 0 Å². The Morgan fingerprint density at radius 3 is 2.11 bits per heavy atom. The summed E-state index contributed by atoms with van der Waals surface area (Å²) in [5.74, 6) is 0.632. The Kier molecular flexibility index (Phi) is 7.28. The molecule has 0 aromatic rings. The van der Waals surface area contributed by atoms with Crippen LogP contribution in [0.3, 0.4) is 0 Å². The first kappa shape index (κ1) is 15.4. The Morgan fingerprint density at radius 1 is 1.11 bits per heavy atom. The normalized spacial score (nSPS) is 17.4. The summed E-state index contributed by atoms with van der Waals surface area (Å²) >= 11 is 0. The van der Waals surface area contributed by atoms with E-state index < -0.39 is 0 Å². The van der Waals surface area contributed by atoms with Gasteiger partial charge in [0.25, 0.3) is 0 Å². The Balaban J connectivity index is 2.41. The van der Waals surface area contributed by atoms with E-state index >= 15 is 0 Å². The largest absolute Gasteiger partial charge is 0.340 e. The number of nitrogens with two attached hydrogens (primary N) is 1. The number of hydrogen-bond donors (Lipinski definition) is 1. The first-order valence-electron chi connectivity index (χ1n) is 7.44. The van der Waals surface area contributed by atoms with Crippen LogP contribution in [0.4, 0.5) is 0 Å². The third-order valence-corrected chi connectivity index (χ3v) is 3.75. The van der Waals surface area contributed by atoms with Crippen molar-refractivity contribution in [1.29, 1.82) is 0 Å². The SMILES string of the molecule is CCCC(CCC)C(=O)N1CCN(CCN)CC1. The monoisotopic (exact) mass is 255 g/mol. The Morgan fingerprint density at radius 2 is 1.67 bits per heavy atom. The molecule has 0 bridgehead atoms. The number of carbonyl (C=O) groups excluding carboxylic acids is 1. The highest BCUT2D eigenvalue weighted by Crippen LogP contribution is 2.17. The van der Waals surface area contributed by atoms with Gasteiger partial charge >= 0.3 is 0 Å². The van der Waals surface area contributed by atoms with Crippen LogP contribution < -0.4 is 5.73 Å². The summed E-state index contributed by atoms with van der Waals surface area (Å²) in [4.78, 5) is 16.8. The Hall–Kier alpha value is -0.610. The quantitative estimate of drug-likeness (QED) is 0.746. The van der Waals surface area contributed by atoms with Crippen LogP contribution in [0.5, 0.6) is 0 Å². The highest BCUT2D eigenvalue weighted by Gasteiger charge is 2.25. The van der Waals surface area contributed by atoms with Crippen LogP contribution in [0.1, 0.15) is 39.5 Å². The van der Waals surface area contributed by atoms with Crippen LogP contribution in [0, 0.1) is 5.92 Å². The van der Waals surface area contributed by atoms with Gasteiger partial charge in [0.2, 0.25) is 5.91 Å². The van der Waals surface area contributed by atoms with Gasteiger partial charge in [0.1, 0.15) is 0 Å². The summed E-state index contributed by atoms with van der Waals surface area (Å²) in [6.07, 6.45) is 4.28. The van der Waals surface area contributed by atoms with Gasteiger partial charge in [0.15, 0.2) is 0 Å². The van der Waals surface area contributed by atoms with Crippen LogP contribution in [0.2, 0.25) is 0 Å². The molecule has 1 rings (SSSR count). The molecular formula is C14H29N3O. The number of piperazine rings is 1. The molecule has 2 N–H and O–H groups in total. The lowest BCUT2D eigenvalue weighted by molar-refractivity contribution is -0.137. The average molecular weight is 255 g/mol. The molecule has 0 aromatic carbocycles. The smallest absolute Gasteiger partial charge is 0.225 e. The molecule has 1 aliphatic heterocycles. The van der Waals surface area contributed by atoms with Gasteiger partial charge in [-0.05, 0) is 12.8 Å². The molecule has 4 heteroatoms. The summed E-state index contributed by atoms with van der Waals surface area (Å²) < 4.78 is 0. The molecule has 1 aliphatic rings. The van der Waals surface area contributed by atoms with E-state index in [1.165, 1.54) is 0 Å². The van der Waals surface area contributed by atoms with Crippen LogP contribution in [-0.2, 0) is 4.79 Å². The molecule has 0 spiro atoms. The molecule has 1 heterocycles. The Labute approximate surface area is 111 Å². The van der Waals surface area contributed by atoms with Crippen molar-refractivity contribution in [2.24, 2.45) is 11.7 Å². The first-order chi connectivity index (χ1) is 8.72. The van der Waals surface area contributed by atoms with Crippen molar-refractivity contribution >= 4 is 5.91 Å². The van der Waals surface area contributed by atoms with Gasteiger partial charge in [-0.25, -0.2) is 0 Å². The predicted molar refractivity (Wildman–Crippen MR) is 75.4 cm³/mol. The molecule has 0 aromatic heterocycles. The van der Waals surface area contributed by atoms with Gasteiger partial charge < -0.3 is 10.6 Å². The van der Waals surface area contributed by atoms with Crippen LogP contribution in [0.25, 0.3) is 0 Å². The minimum absolute atomic E-state index is 0.251. The lowest BCUT2D eigenvalue weighted by atomic mass is 9.96. The minimum atomic E-state index is 0.251. The van der Waals surface area contributed by atoms with Crippen molar-refractivity contribution in [2.45, 2.75) is 39.5 Å². The van der Waals surface area contributed by atoms with Crippen molar-refractivity contribution in [3.05, 3.63) is 0 Å². The summed E-state index contributed by atoms with van der Waals surface area (Å²) in [6, 6.07) is 0. The lowest BCUT2D eigenvalue weighted by Gasteiger charge is -2.36. The maximum absolute atomic E-state index is 12.4. The molecule has 106 valence electrons. The zero-order chi connectivity index (χ0) is 13.4. The van der Waals surface area contributed by atoms with Crippen LogP contribution >= 0.6 is 0 Å². The summed E-state index contributed by atoms with van der Waals surface area (Å²) in [6.45, 7) is 9.70. The molecule has 1 saturated heterocycles. The maximum atomic E-state index is 12.4. The van der Waals surface area contributed by atoms with Gasteiger partial charge in [-0.1, -0.05) is 26.7 Å². The fourth-order valence-electron chi connectivity index (χ4n) is 2.72. The topological polar surface area (TPSA) is 49.6 Å². The van der Waals surface area contributed by atoms with E-state index in [9.17, 15) is 4.79 Å². The van der Waals surface area contributed by atoms with Gasteiger partial charge in [-0.2, -0.15) is 0 Å². The van der Waals surface area contributed by atoms with Gasteiger partial charge in [0, 0.05) is 45.2 Å². The molecule has 18 heavy (non-hydrogen) atoms. The molecule has 1 fully saturated rings. The molecule has 1 amide bonds. The molecular weight excluding hydrogens is 226 g/mol. The van der Waals surface area contributed by atoms with Crippen molar-refractivity contribution in [2.75, 3.05) is 39.3 Å². The molecule has 0 radical (unpaired) electrons. The van der Waals surface area contributed by atoms with Crippen LogP contribution in [0.15, 0.2) is 0 Å². The van der Waals surface area contributed by atoms with E-state index in [-0.39, 0.29) is 5.92 Å². The second-order valence-electron chi connectivity index (χ2n) is 5.23. The maximum Gasteiger partial charge on any atom is 0.225 e. The Bertz CT molecular complexity index is 231. The second-order valence-corrected chi connectivity index (χ2v) is 5.23. The number of hydrogen-bond acceptors (Lipinski definition) is 3. The fourth-order valence-corrected chi connectivity index (χ4v) is 2.72. The molecule has 0 saturated carbocycles. The lowest BCUT2D eigenvalue weighted by Crippen LogP contribution is -2.51. The van der Waals surface area contributed by atoms with E-state index in [1.807, 2.05) is 0 Å². The second kappa shape index (κ2) is 8.48.